The molecule has 1 aromatic heterocycles. The zero-order chi connectivity index (χ0) is 13.7. The van der Waals surface area contributed by atoms with Gasteiger partial charge in [0.2, 0.25) is 0 Å². The molecular weight excluding hydrogens is 236 g/mol. The Morgan fingerprint density at radius 2 is 2.16 bits per heavy atom. The molecule has 3 heteroatoms. The topological polar surface area (TPSA) is 36.4 Å². The van der Waals surface area contributed by atoms with Gasteiger partial charge >= 0.3 is 0 Å². The molecule has 106 valence electrons. The van der Waals surface area contributed by atoms with Gasteiger partial charge in [0.25, 0.3) is 0 Å². The molecule has 2 rings (SSSR count). The van der Waals surface area contributed by atoms with Crippen molar-refractivity contribution in [3.63, 3.8) is 0 Å². The second-order valence-corrected chi connectivity index (χ2v) is 6.37. The highest BCUT2D eigenvalue weighted by Gasteiger charge is 2.34. The number of aromatic nitrogens is 1. The fourth-order valence-corrected chi connectivity index (χ4v) is 3.17. The van der Waals surface area contributed by atoms with Crippen LogP contribution in [-0.4, -0.2) is 35.2 Å². The van der Waals surface area contributed by atoms with Crippen molar-refractivity contribution in [2.75, 3.05) is 20.2 Å². The van der Waals surface area contributed by atoms with Crippen molar-refractivity contribution in [1.29, 1.82) is 0 Å². The van der Waals surface area contributed by atoms with E-state index in [-0.39, 0.29) is 5.41 Å². The molecule has 0 amide bonds. The molecule has 1 heterocycles. The standard InChI is InChI=1S/C16H26N2O/c1-14-5-7-16(13-19,8-6-14)12-18(2)11-15-4-3-9-17-10-15/h3-4,9-10,14,19H,5-8,11-13H2,1-2H3. The molecule has 0 aliphatic heterocycles. The lowest BCUT2D eigenvalue weighted by Crippen LogP contribution is -2.40. The van der Waals surface area contributed by atoms with Crippen LogP contribution < -0.4 is 0 Å². The highest BCUT2D eigenvalue weighted by molar-refractivity contribution is 5.08. The van der Waals surface area contributed by atoms with Gasteiger partial charge in [-0.2, -0.15) is 0 Å². The second kappa shape index (κ2) is 6.49. The van der Waals surface area contributed by atoms with Crippen LogP contribution in [0.3, 0.4) is 0 Å². The minimum absolute atomic E-state index is 0.115. The van der Waals surface area contributed by atoms with Crippen molar-refractivity contribution in [1.82, 2.24) is 9.88 Å². The molecule has 0 radical (unpaired) electrons. The number of pyridine rings is 1. The van der Waals surface area contributed by atoms with E-state index in [1.54, 1.807) is 6.20 Å². The van der Waals surface area contributed by atoms with Crippen LogP contribution in [0.15, 0.2) is 24.5 Å². The van der Waals surface area contributed by atoms with Crippen molar-refractivity contribution in [3.05, 3.63) is 30.1 Å². The molecule has 0 unspecified atom stereocenters. The van der Waals surface area contributed by atoms with E-state index >= 15 is 0 Å². The van der Waals surface area contributed by atoms with E-state index in [0.29, 0.717) is 6.61 Å². The molecule has 19 heavy (non-hydrogen) atoms. The monoisotopic (exact) mass is 262 g/mol. The third kappa shape index (κ3) is 4.02. The highest BCUT2D eigenvalue weighted by Crippen LogP contribution is 2.39. The Morgan fingerprint density at radius 3 is 2.74 bits per heavy atom. The summed E-state index contributed by atoms with van der Waals surface area (Å²) in [7, 11) is 2.14. The van der Waals surface area contributed by atoms with Crippen molar-refractivity contribution in [2.45, 2.75) is 39.2 Å². The Morgan fingerprint density at radius 1 is 1.42 bits per heavy atom. The molecule has 0 bridgehead atoms. The van der Waals surface area contributed by atoms with Crippen LogP contribution in [0.5, 0.6) is 0 Å². The average Bonchev–Trinajstić information content (AvgIpc) is 2.43. The Labute approximate surface area is 116 Å². The lowest BCUT2D eigenvalue weighted by atomic mass is 9.71. The lowest BCUT2D eigenvalue weighted by Gasteiger charge is -2.40. The van der Waals surface area contributed by atoms with Crippen molar-refractivity contribution in [2.24, 2.45) is 11.3 Å². The van der Waals surface area contributed by atoms with E-state index in [1.165, 1.54) is 18.4 Å². The van der Waals surface area contributed by atoms with Gasteiger partial charge in [0.1, 0.15) is 0 Å². The van der Waals surface area contributed by atoms with Gasteiger partial charge in [0.05, 0.1) is 0 Å². The van der Waals surface area contributed by atoms with Gasteiger partial charge in [0.15, 0.2) is 0 Å². The molecule has 1 N–H and O–H groups in total. The first-order valence-corrected chi connectivity index (χ1v) is 7.32. The number of nitrogens with zero attached hydrogens (tertiary/aromatic N) is 2. The summed E-state index contributed by atoms with van der Waals surface area (Å²) in [6.45, 7) is 4.52. The molecule has 0 spiro atoms. The first-order chi connectivity index (χ1) is 9.13. The third-order valence-corrected chi connectivity index (χ3v) is 4.45. The van der Waals surface area contributed by atoms with Crippen LogP contribution in [0.4, 0.5) is 0 Å². The van der Waals surface area contributed by atoms with Gasteiger partial charge in [0, 0.05) is 37.5 Å². The molecule has 1 saturated carbocycles. The molecule has 0 aromatic carbocycles. The van der Waals surface area contributed by atoms with Gasteiger partial charge in [-0.3, -0.25) is 4.98 Å². The smallest absolute Gasteiger partial charge is 0.0499 e. The molecule has 1 fully saturated rings. The summed E-state index contributed by atoms with van der Waals surface area (Å²) in [5.74, 6) is 0.823. The number of hydrogen-bond acceptors (Lipinski definition) is 3. The second-order valence-electron chi connectivity index (χ2n) is 6.37. The van der Waals surface area contributed by atoms with Crippen LogP contribution in [0.1, 0.15) is 38.2 Å². The Hall–Kier alpha value is -0.930. The maximum atomic E-state index is 9.80. The Bertz CT molecular complexity index is 372. The van der Waals surface area contributed by atoms with Crippen LogP contribution in [0.2, 0.25) is 0 Å². The van der Waals surface area contributed by atoms with Crippen LogP contribution in [0, 0.1) is 11.3 Å². The van der Waals surface area contributed by atoms with Crippen LogP contribution in [0.25, 0.3) is 0 Å². The van der Waals surface area contributed by atoms with E-state index < -0.39 is 0 Å². The van der Waals surface area contributed by atoms with Gasteiger partial charge in [-0.25, -0.2) is 0 Å². The number of rotatable bonds is 5. The first kappa shape index (κ1) is 14.5. The van der Waals surface area contributed by atoms with E-state index in [2.05, 4.69) is 29.9 Å². The fourth-order valence-electron chi connectivity index (χ4n) is 3.17. The summed E-state index contributed by atoms with van der Waals surface area (Å²) in [6.07, 6.45) is 8.54. The number of aliphatic hydroxyl groups is 1. The summed E-state index contributed by atoms with van der Waals surface area (Å²) >= 11 is 0. The highest BCUT2D eigenvalue weighted by atomic mass is 16.3. The van der Waals surface area contributed by atoms with Crippen molar-refractivity contribution < 1.29 is 5.11 Å². The van der Waals surface area contributed by atoms with Gasteiger partial charge in [-0.15, -0.1) is 0 Å². The molecule has 0 saturated heterocycles. The maximum absolute atomic E-state index is 9.80. The summed E-state index contributed by atoms with van der Waals surface area (Å²) in [5, 5.41) is 9.80. The quantitative estimate of drug-likeness (QED) is 0.886. The summed E-state index contributed by atoms with van der Waals surface area (Å²) in [5.41, 5.74) is 1.35. The zero-order valence-corrected chi connectivity index (χ0v) is 12.2. The molecular formula is C16H26N2O. The Balaban J connectivity index is 1.91. The maximum Gasteiger partial charge on any atom is 0.0499 e. The molecule has 0 atom stereocenters. The first-order valence-electron chi connectivity index (χ1n) is 7.32. The zero-order valence-electron chi connectivity index (χ0n) is 12.2. The number of aliphatic hydroxyl groups excluding tert-OH is 1. The molecule has 3 nitrogen and oxygen atoms in total. The molecule has 1 aliphatic rings. The van der Waals surface area contributed by atoms with E-state index in [0.717, 1.165) is 31.8 Å². The average molecular weight is 262 g/mol. The predicted octanol–water partition coefficient (Wildman–Crippen LogP) is 2.70. The minimum atomic E-state index is 0.115. The Kier molecular flexibility index (Phi) is 4.94. The largest absolute Gasteiger partial charge is 0.396 e. The minimum Gasteiger partial charge on any atom is -0.396 e. The molecule has 1 aromatic rings. The van der Waals surface area contributed by atoms with E-state index in [9.17, 15) is 5.11 Å². The van der Waals surface area contributed by atoms with Gasteiger partial charge in [-0.1, -0.05) is 25.8 Å². The molecule has 1 aliphatic carbocycles. The van der Waals surface area contributed by atoms with Gasteiger partial charge in [-0.05, 0) is 37.4 Å². The van der Waals surface area contributed by atoms with E-state index in [1.807, 2.05) is 12.3 Å². The summed E-state index contributed by atoms with van der Waals surface area (Å²) in [6, 6.07) is 4.09. The fraction of sp³-hybridized carbons (Fsp3) is 0.688. The normalized spacial score (nSPS) is 27.7. The summed E-state index contributed by atoms with van der Waals surface area (Å²) in [4.78, 5) is 6.48. The van der Waals surface area contributed by atoms with Crippen LogP contribution >= 0.6 is 0 Å². The SMILES string of the molecule is CC1CCC(CO)(CN(C)Cc2cccnc2)CC1. The third-order valence-electron chi connectivity index (χ3n) is 4.45. The summed E-state index contributed by atoms with van der Waals surface area (Å²) < 4.78 is 0. The van der Waals surface area contributed by atoms with E-state index in [4.69, 9.17) is 0 Å². The van der Waals surface area contributed by atoms with Crippen molar-refractivity contribution in [3.8, 4) is 0 Å². The lowest BCUT2D eigenvalue weighted by molar-refractivity contribution is 0.0346. The number of hydrogen-bond donors (Lipinski definition) is 1. The van der Waals surface area contributed by atoms with Crippen LogP contribution in [-0.2, 0) is 6.54 Å². The predicted molar refractivity (Wildman–Crippen MR) is 77.7 cm³/mol. The van der Waals surface area contributed by atoms with Gasteiger partial charge < -0.3 is 10.0 Å². The van der Waals surface area contributed by atoms with Crippen molar-refractivity contribution >= 4 is 0 Å².